The van der Waals surface area contributed by atoms with Gasteiger partial charge in [0.15, 0.2) is 11.4 Å². The SMILES string of the molecule is COC(=O)[C@H]1C(=O)[C@@]2(O)c3c(OC)cc(OC)cc3O[C@@]2(c2ccc(OC)cc2)[C@@H]1c1ccccc1. The second kappa shape index (κ2) is 8.57. The molecule has 2 aliphatic rings. The minimum atomic E-state index is -2.28. The minimum Gasteiger partial charge on any atom is -0.497 e. The van der Waals surface area contributed by atoms with E-state index in [1.165, 1.54) is 21.3 Å². The van der Waals surface area contributed by atoms with Crippen LogP contribution in [-0.4, -0.2) is 45.3 Å². The summed E-state index contributed by atoms with van der Waals surface area (Å²) in [5.74, 6) is -2.34. The summed E-state index contributed by atoms with van der Waals surface area (Å²) < 4.78 is 28.0. The number of carbonyl (C=O) groups excluding carboxylic acids is 2. The summed E-state index contributed by atoms with van der Waals surface area (Å²) in [5.41, 5.74) is -2.76. The number of ketones is 1. The van der Waals surface area contributed by atoms with Crippen LogP contribution in [0.2, 0.25) is 0 Å². The van der Waals surface area contributed by atoms with Crippen molar-refractivity contribution >= 4 is 11.8 Å². The topological polar surface area (TPSA) is 101 Å². The van der Waals surface area contributed by atoms with Gasteiger partial charge < -0.3 is 28.8 Å². The third-order valence-electron chi connectivity index (χ3n) is 7.21. The number of methoxy groups -OCH3 is 4. The highest BCUT2D eigenvalue weighted by atomic mass is 16.5. The van der Waals surface area contributed by atoms with E-state index in [2.05, 4.69) is 0 Å². The molecular formula is C28H26O8. The number of Topliss-reactive ketones (excluding diaryl/α,β-unsaturated/α-hetero) is 1. The van der Waals surface area contributed by atoms with Gasteiger partial charge >= 0.3 is 5.97 Å². The first kappa shape index (κ1) is 23.7. The molecule has 0 saturated heterocycles. The largest absolute Gasteiger partial charge is 0.497 e. The maximum absolute atomic E-state index is 14.2. The molecule has 0 aromatic heterocycles. The number of fused-ring (bicyclic) bond motifs is 3. The molecule has 0 unspecified atom stereocenters. The molecule has 5 rings (SSSR count). The predicted molar refractivity (Wildman–Crippen MR) is 128 cm³/mol. The van der Waals surface area contributed by atoms with Gasteiger partial charge in [-0.3, -0.25) is 9.59 Å². The Labute approximate surface area is 208 Å². The molecule has 3 aromatic carbocycles. The van der Waals surface area contributed by atoms with E-state index < -0.39 is 34.8 Å². The van der Waals surface area contributed by atoms with Crippen LogP contribution < -0.4 is 18.9 Å². The fraction of sp³-hybridized carbons (Fsp3) is 0.286. The summed E-state index contributed by atoms with van der Waals surface area (Å²) in [4.78, 5) is 27.4. The van der Waals surface area contributed by atoms with E-state index in [1.54, 1.807) is 67.8 Å². The third kappa shape index (κ3) is 2.97. The van der Waals surface area contributed by atoms with Crippen LogP contribution in [0.4, 0.5) is 0 Å². The summed E-state index contributed by atoms with van der Waals surface area (Å²) in [6, 6.07) is 19.1. The van der Waals surface area contributed by atoms with Crippen molar-refractivity contribution in [3.05, 3.63) is 83.4 Å². The van der Waals surface area contributed by atoms with Gasteiger partial charge in [-0.05, 0) is 17.7 Å². The summed E-state index contributed by atoms with van der Waals surface area (Å²) in [6.45, 7) is 0. The van der Waals surface area contributed by atoms with Crippen molar-refractivity contribution < 1.29 is 38.4 Å². The quantitative estimate of drug-likeness (QED) is 0.415. The fourth-order valence-corrected chi connectivity index (χ4v) is 5.66. The Morgan fingerprint density at radius 2 is 1.56 bits per heavy atom. The molecule has 1 heterocycles. The third-order valence-corrected chi connectivity index (χ3v) is 7.21. The molecule has 1 aliphatic heterocycles. The highest BCUT2D eigenvalue weighted by Gasteiger charge is 2.78. The number of rotatable bonds is 6. The van der Waals surface area contributed by atoms with Gasteiger partial charge in [0.25, 0.3) is 0 Å². The second-order valence-electron chi connectivity index (χ2n) is 8.73. The van der Waals surface area contributed by atoms with Gasteiger partial charge in [0.2, 0.25) is 5.60 Å². The van der Waals surface area contributed by atoms with Gasteiger partial charge in [-0.15, -0.1) is 0 Å². The number of hydrogen-bond donors (Lipinski definition) is 1. The lowest BCUT2D eigenvalue weighted by atomic mass is 9.70. The van der Waals surface area contributed by atoms with E-state index in [-0.39, 0.29) is 17.1 Å². The Bertz CT molecular complexity index is 1320. The fourth-order valence-electron chi connectivity index (χ4n) is 5.66. The molecule has 8 nitrogen and oxygen atoms in total. The first-order chi connectivity index (χ1) is 17.4. The van der Waals surface area contributed by atoms with Crippen molar-refractivity contribution in [1.82, 2.24) is 0 Å². The maximum atomic E-state index is 14.2. The summed E-state index contributed by atoms with van der Waals surface area (Å²) in [7, 11) is 5.69. The van der Waals surface area contributed by atoms with E-state index in [0.29, 0.717) is 22.6 Å². The zero-order chi connectivity index (χ0) is 25.7. The molecule has 1 aliphatic carbocycles. The molecule has 1 N–H and O–H groups in total. The molecule has 4 atom stereocenters. The number of carbonyl (C=O) groups is 2. The lowest BCUT2D eigenvalue weighted by Gasteiger charge is -2.39. The van der Waals surface area contributed by atoms with E-state index in [1.807, 2.05) is 6.07 Å². The Hall–Kier alpha value is -4.04. The molecule has 0 radical (unpaired) electrons. The van der Waals surface area contributed by atoms with Crippen molar-refractivity contribution in [2.45, 2.75) is 17.1 Å². The molecule has 1 saturated carbocycles. The Morgan fingerprint density at radius 1 is 0.889 bits per heavy atom. The van der Waals surface area contributed by atoms with Gasteiger partial charge in [-0.2, -0.15) is 0 Å². The van der Waals surface area contributed by atoms with Crippen LogP contribution in [0.15, 0.2) is 66.7 Å². The lowest BCUT2D eigenvalue weighted by Crippen LogP contribution is -2.50. The molecule has 0 bridgehead atoms. The predicted octanol–water partition coefficient (Wildman–Crippen LogP) is 3.34. The average molecular weight is 491 g/mol. The molecule has 1 fully saturated rings. The van der Waals surface area contributed by atoms with E-state index >= 15 is 0 Å². The van der Waals surface area contributed by atoms with Crippen molar-refractivity contribution in [3.8, 4) is 23.0 Å². The van der Waals surface area contributed by atoms with Gasteiger partial charge in [0, 0.05) is 17.7 Å². The molecular weight excluding hydrogens is 464 g/mol. The van der Waals surface area contributed by atoms with Crippen molar-refractivity contribution in [3.63, 3.8) is 0 Å². The number of aliphatic hydroxyl groups is 1. The summed E-state index contributed by atoms with van der Waals surface area (Å²) in [5, 5.41) is 12.6. The van der Waals surface area contributed by atoms with E-state index in [9.17, 15) is 14.7 Å². The van der Waals surface area contributed by atoms with Gasteiger partial charge in [-0.1, -0.05) is 42.5 Å². The van der Waals surface area contributed by atoms with Gasteiger partial charge in [-0.25, -0.2) is 0 Å². The zero-order valence-electron chi connectivity index (χ0n) is 20.3. The molecule has 3 aromatic rings. The number of hydrogen-bond acceptors (Lipinski definition) is 8. The minimum absolute atomic E-state index is 0.138. The van der Waals surface area contributed by atoms with Crippen LogP contribution in [0.25, 0.3) is 0 Å². The lowest BCUT2D eigenvalue weighted by molar-refractivity contribution is -0.155. The van der Waals surface area contributed by atoms with Crippen LogP contribution in [-0.2, 0) is 25.5 Å². The average Bonchev–Trinajstić information content (AvgIpc) is 3.30. The molecule has 36 heavy (non-hydrogen) atoms. The molecule has 186 valence electrons. The zero-order valence-corrected chi connectivity index (χ0v) is 20.3. The van der Waals surface area contributed by atoms with Crippen LogP contribution in [0.5, 0.6) is 23.0 Å². The molecule has 0 amide bonds. The molecule has 0 spiro atoms. The van der Waals surface area contributed by atoms with Gasteiger partial charge in [0.1, 0.15) is 28.9 Å². The highest BCUT2D eigenvalue weighted by molar-refractivity contribution is 6.10. The normalized spacial score (nSPS) is 26.0. The maximum Gasteiger partial charge on any atom is 0.317 e. The van der Waals surface area contributed by atoms with Crippen LogP contribution in [0.3, 0.4) is 0 Å². The number of ether oxygens (including phenoxy) is 5. The number of esters is 1. The Balaban J connectivity index is 1.89. The summed E-state index contributed by atoms with van der Waals surface area (Å²) >= 11 is 0. The van der Waals surface area contributed by atoms with Crippen molar-refractivity contribution in [2.24, 2.45) is 5.92 Å². The Kier molecular flexibility index (Phi) is 5.64. The Morgan fingerprint density at radius 3 is 2.14 bits per heavy atom. The van der Waals surface area contributed by atoms with E-state index in [0.717, 1.165) is 0 Å². The summed E-state index contributed by atoms with van der Waals surface area (Å²) in [6.07, 6.45) is 0. The van der Waals surface area contributed by atoms with Crippen LogP contribution >= 0.6 is 0 Å². The van der Waals surface area contributed by atoms with Crippen LogP contribution in [0.1, 0.15) is 22.6 Å². The van der Waals surface area contributed by atoms with Crippen molar-refractivity contribution in [1.29, 1.82) is 0 Å². The highest BCUT2D eigenvalue weighted by Crippen LogP contribution is 2.68. The monoisotopic (exact) mass is 490 g/mol. The van der Waals surface area contributed by atoms with Crippen molar-refractivity contribution in [2.75, 3.05) is 28.4 Å². The first-order valence-electron chi connectivity index (χ1n) is 11.4. The molecule has 8 heteroatoms. The second-order valence-corrected chi connectivity index (χ2v) is 8.73. The smallest absolute Gasteiger partial charge is 0.317 e. The van der Waals surface area contributed by atoms with Gasteiger partial charge in [0.05, 0.1) is 39.9 Å². The van der Waals surface area contributed by atoms with Crippen LogP contribution in [0, 0.1) is 5.92 Å². The number of benzene rings is 3. The standard InChI is InChI=1S/C28H26O8/c1-32-18-12-10-17(11-13-18)28-23(16-8-6-5-7-9-16)22(26(30)35-4)25(29)27(28,31)24-20(34-3)14-19(33-2)15-21(24)36-28/h5-15,22-23,31H,1-4H3/t22-,23-,27+,28+/m1/s1. The van der Waals surface area contributed by atoms with E-state index in [4.69, 9.17) is 23.7 Å². The first-order valence-corrected chi connectivity index (χ1v) is 11.4.